The molecule has 2 nitrogen and oxygen atoms in total. The second-order valence-electron chi connectivity index (χ2n) is 1.91. The number of alkyl halides is 2. The lowest BCUT2D eigenvalue weighted by Gasteiger charge is -2.12. The van der Waals surface area contributed by atoms with Crippen molar-refractivity contribution < 1.29 is 8.78 Å². The molecule has 0 aromatic heterocycles. The number of hydrogen-bond acceptors (Lipinski definition) is 2. The molecule has 0 atom stereocenters. The Bertz CT molecular complexity index is 82.9. The molecule has 0 saturated heterocycles. The van der Waals surface area contributed by atoms with Crippen molar-refractivity contribution in [2.24, 2.45) is 5.84 Å². The van der Waals surface area contributed by atoms with Gasteiger partial charge in [0.1, 0.15) is 0 Å². The molecule has 0 amide bonds. The molecule has 0 rings (SSSR count). The summed E-state index contributed by atoms with van der Waals surface area (Å²) in [6, 6.07) is 0. The molecular formula is C5H14Cl2F2N2. The Kier molecular flexibility index (Phi) is 13.4. The zero-order valence-electron chi connectivity index (χ0n) is 6.27. The molecule has 0 radical (unpaired) electrons. The van der Waals surface area contributed by atoms with E-state index >= 15 is 0 Å². The lowest BCUT2D eigenvalue weighted by molar-refractivity contribution is -0.0107. The predicted molar refractivity (Wildman–Crippen MR) is 46.5 cm³/mol. The first-order valence-electron chi connectivity index (χ1n) is 2.93. The van der Waals surface area contributed by atoms with Gasteiger partial charge in [-0.05, 0) is 0 Å². The largest absolute Gasteiger partial charge is 0.271 e. The van der Waals surface area contributed by atoms with E-state index in [2.05, 4.69) is 5.43 Å². The lowest BCUT2D eigenvalue weighted by atomic mass is 10.2. The van der Waals surface area contributed by atoms with Gasteiger partial charge in [-0.2, -0.15) is 0 Å². The number of hydrogen-bond donors (Lipinski definition) is 2. The van der Waals surface area contributed by atoms with Crippen molar-refractivity contribution in [2.45, 2.75) is 25.7 Å². The molecular weight excluding hydrogens is 197 g/mol. The Balaban J connectivity index is -0.000000320. The summed E-state index contributed by atoms with van der Waals surface area (Å²) < 4.78 is 24.5. The van der Waals surface area contributed by atoms with Gasteiger partial charge in [0.05, 0.1) is 0 Å². The number of nitrogens with one attached hydrogen (secondary N) is 1. The minimum absolute atomic E-state index is 0. The Hall–Kier alpha value is 0.360. The highest BCUT2D eigenvalue weighted by molar-refractivity contribution is 5.85. The molecule has 0 aliphatic rings. The van der Waals surface area contributed by atoms with Crippen LogP contribution >= 0.6 is 24.8 Å². The van der Waals surface area contributed by atoms with Crippen molar-refractivity contribution in [3.63, 3.8) is 0 Å². The smallest absolute Gasteiger partial charge is 0.249 e. The number of nitrogens with two attached hydrogens (primary N) is 1. The van der Waals surface area contributed by atoms with E-state index in [1.54, 1.807) is 0 Å². The van der Waals surface area contributed by atoms with Crippen LogP contribution in [0.3, 0.4) is 0 Å². The van der Waals surface area contributed by atoms with Crippen LogP contribution in [0.5, 0.6) is 0 Å². The second-order valence-corrected chi connectivity index (χ2v) is 1.91. The monoisotopic (exact) mass is 210 g/mol. The maximum atomic E-state index is 12.2. The van der Waals surface area contributed by atoms with E-state index in [0.717, 1.165) is 0 Å². The summed E-state index contributed by atoms with van der Waals surface area (Å²) in [4.78, 5) is 0. The van der Waals surface area contributed by atoms with Gasteiger partial charge in [0, 0.05) is 19.4 Å². The zero-order chi connectivity index (χ0) is 7.33. The highest BCUT2D eigenvalue weighted by atomic mass is 35.5. The van der Waals surface area contributed by atoms with Crippen LogP contribution in [0, 0.1) is 0 Å². The van der Waals surface area contributed by atoms with Crippen LogP contribution in [-0.4, -0.2) is 12.5 Å². The normalized spacial score (nSPS) is 9.82. The molecule has 0 spiro atoms. The molecule has 0 saturated carbocycles. The Morgan fingerprint density at radius 1 is 1.36 bits per heavy atom. The molecule has 0 fully saturated rings. The first-order chi connectivity index (χ1) is 4.12. The Morgan fingerprint density at radius 2 is 1.82 bits per heavy atom. The van der Waals surface area contributed by atoms with E-state index in [0.29, 0.717) is 0 Å². The summed E-state index contributed by atoms with van der Waals surface area (Å²) in [6.07, 6.45) is -0.297. The molecule has 0 aromatic rings. The maximum absolute atomic E-state index is 12.2. The topological polar surface area (TPSA) is 38.0 Å². The summed E-state index contributed by atoms with van der Waals surface area (Å²) in [5.74, 6) is 2.26. The van der Waals surface area contributed by atoms with Crippen molar-refractivity contribution in [2.75, 3.05) is 6.54 Å². The minimum Gasteiger partial charge on any atom is -0.271 e. The van der Waals surface area contributed by atoms with Gasteiger partial charge in [-0.1, -0.05) is 6.92 Å². The molecule has 6 heteroatoms. The van der Waals surface area contributed by atoms with Gasteiger partial charge in [0.15, 0.2) is 0 Å². The fraction of sp³-hybridized carbons (Fsp3) is 1.00. The van der Waals surface area contributed by atoms with Crippen LogP contribution in [0.4, 0.5) is 8.78 Å². The van der Waals surface area contributed by atoms with Crippen LogP contribution in [0.25, 0.3) is 0 Å². The summed E-state index contributed by atoms with van der Waals surface area (Å²) in [7, 11) is 0. The summed E-state index contributed by atoms with van der Waals surface area (Å²) in [5.41, 5.74) is 2.18. The third-order valence-corrected chi connectivity index (χ3v) is 1.15. The highest BCUT2D eigenvalue weighted by Crippen LogP contribution is 2.20. The summed E-state index contributed by atoms with van der Waals surface area (Å²) in [5, 5.41) is 0. The van der Waals surface area contributed by atoms with Crippen LogP contribution < -0.4 is 11.3 Å². The van der Waals surface area contributed by atoms with Gasteiger partial charge in [0.25, 0.3) is 0 Å². The van der Waals surface area contributed by atoms with E-state index < -0.39 is 5.92 Å². The van der Waals surface area contributed by atoms with Crippen molar-refractivity contribution in [1.29, 1.82) is 0 Å². The third-order valence-electron chi connectivity index (χ3n) is 1.15. The minimum atomic E-state index is -2.55. The van der Waals surface area contributed by atoms with E-state index in [-0.39, 0.29) is 44.2 Å². The first-order valence-corrected chi connectivity index (χ1v) is 2.93. The fourth-order valence-electron chi connectivity index (χ4n) is 0.432. The lowest BCUT2D eigenvalue weighted by Crippen LogP contribution is -2.28. The third kappa shape index (κ3) is 10.4. The average Bonchev–Trinajstić information content (AvgIpc) is 1.84. The van der Waals surface area contributed by atoms with Crippen LogP contribution in [0.1, 0.15) is 19.8 Å². The molecule has 11 heavy (non-hydrogen) atoms. The van der Waals surface area contributed by atoms with E-state index in [1.165, 1.54) is 6.92 Å². The molecule has 0 heterocycles. The van der Waals surface area contributed by atoms with Gasteiger partial charge in [-0.25, -0.2) is 8.78 Å². The van der Waals surface area contributed by atoms with Gasteiger partial charge >= 0.3 is 0 Å². The predicted octanol–water partition coefficient (Wildman–Crippen LogP) is 1.73. The molecule has 0 aromatic carbocycles. The summed E-state index contributed by atoms with van der Waals surface area (Å²) >= 11 is 0. The van der Waals surface area contributed by atoms with Gasteiger partial charge < -0.3 is 0 Å². The van der Waals surface area contributed by atoms with Crippen LogP contribution in [-0.2, 0) is 0 Å². The van der Waals surface area contributed by atoms with Crippen molar-refractivity contribution >= 4 is 24.8 Å². The summed E-state index contributed by atoms with van der Waals surface area (Å²) in [6.45, 7) is 1.62. The van der Waals surface area contributed by atoms with E-state index in [1.807, 2.05) is 0 Å². The number of halogens is 4. The van der Waals surface area contributed by atoms with Gasteiger partial charge in [-0.3, -0.25) is 11.3 Å². The number of hydrazine groups is 1. The molecule has 72 valence electrons. The van der Waals surface area contributed by atoms with E-state index in [9.17, 15) is 8.78 Å². The van der Waals surface area contributed by atoms with E-state index in [4.69, 9.17) is 5.84 Å². The standard InChI is InChI=1S/C5H12F2N2.2ClH/c1-2-5(6,7)3-4-9-8;;/h9H,2-4,8H2,1H3;2*1H. The second kappa shape index (κ2) is 8.46. The Labute approximate surface area is 77.7 Å². The average molecular weight is 211 g/mol. The maximum Gasteiger partial charge on any atom is 0.249 e. The number of rotatable bonds is 4. The van der Waals surface area contributed by atoms with Crippen molar-refractivity contribution in [3.8, 4) is 0 Å². The highest BCUT2D eigenvalue weighted by Gasteiger charge is 2.24. The quantitative estimate of drug-likeness (QED) is 0.548. The van der Waals surface area contributed by atoms with Crippen LogP contribution in [0.2, 0.25) is 0 Å². The zero-order valence-corrected chi connectivity index (χ0v) is 7.90. The van der Waals surface area contributed by atoms with Crippen molar-refractivity contribution in [3.05, 3.63) is 0 Å². The molecule has 0 bridgehead atoms. The van der Waals surface area contributed by atoms with Crippen LogP contribution in [0.15, 0.2) is 0 Å². The Morgan fingerprint density at radius 3 is 2.09 bits per heavy atom. The first kappa shape index (κ1) is 17.4. The fourth-order valence-corrected chi connectivity index (χ4v) is 0.432. The van der Waals surface area contributed by atoms with Gasteiger partial charge in [0.2, 0.25) is 5.92 Å². The molecule has 3 N–H and O–H groups in total. The molecule has 0 unspecified atom stereocenters. The van der Waals surface area contributed by atoms with Crippen molar-refractivity contribution in [1.82, 2.24) is 5.43 Å². The van der Waals surface area contributed by atoms with Gasteiger partial charge in [-0.15, -0.1) is 24.8 Å². The molecule has 0 aliphatic carbocycles. The SMILES string of the molecule is CCC(F)(F)CCNN.Cl.Cl. The molecule has 0 aliphatic heterocycles.